The topological polar surface area (TPSA) is 59.3 Å². The average molecular weight is 312 g/mol. The van der Waals surface area contributed by atoms with E-state index >= 15 is 0 Å². The number of hydrogen-bond acceptors (Lipinski definition) is 4. The minimum atomic E-state index is -4.40. The lowest BCUT2D eigenvalue weighted by Crippen LogP contribution is -2.12. The molecule has 0 saturated carbocycles. The van der Waals surface area contributed by atoms with E-state index in [1.54, 1.807) is 5.51 Å². The molecule has 0 radical (unpaired) electrons. The number of anilines is 1. The van der Waals surface area contributed by atoms with Gasteiger partial charge in [0.25, 0.3) is 5.91 Å². The number of carbonyl (C=O) groups is 1. The molecule has 0 saturated heterocycles. The third-order valence-electron chi connectivity index (χ3n) is 2.69. The van der Waals surface area contributed by atoms with E-state index in [-0.39, 0.29) is 11.4 Å². The van der Waals surface area contributed by atoms with Crippen molar-refractivity contribution in [3.63, 3.8) is 0 Å². The SMILES string of the molecule is O=C(Nc1ccc(C(F)(F)F)cc1)c1cn2ncsc2n1. The van der Waals surface area contributed by atoms with E-state index in [1.165, 1.54) is 34.2 Å². The molecular formula is C12H7F3N4OS. The van der Waals surface area contributed by atoms with Gasteiger partial charge in [0.15, 0.2) is 0 Å². The molecule has 21 heavy (non-hydrogen) atoms. The molecule has 1 aromatic carbocycles. The van der Waals surface area contributed by atoms with Crippen molar-refractivity contribution in [1.29, 1.82) is 0 Å². The van der Waals surface area contributed by atoms with E-state index in [1.807, 2.05) is 0 Å². The van der Waals surface area contributed by atoms with Crippen LogP contribution in [0.25, 0.3) is 4.96 Å². The van der Waals surface area contributed by atoms with Crippen LogP contribution >= 0.6 is 11.3 Å². The molecule has 0 unspecified atom stereocenters. The van der Waals surface area contributed by atoms with Crippen molar-refractivity contribution in [3.8, 4) is 0 Å². The van der Waals surface area contributed by atoms with Crippen LogP contribution in [0.5, 0.6) is 0 Å². The molecule has 2 aromatic heterocycles. The van der Waals surface area contributed by atoms with Crippen LogP contribution < -0.4 is 5.32 Å². The number of hydrogen-bond donors (Lipinski definition) is 1. The zero-order chi connectivity index (χ0) is 15.0. The standard InChI is InChI=1S/C12H7F3N4OS/c13-12(14,15)7-1-3-8(4-2-7)17-10(20)9-5-19-11(18-9)21-6-16-19/h1-6H,(H,17,20). The average Bonchev–Trinajstić information content (AvgIpc) is 2.98. The number of fused-ring (bicyclic) bond motifs is 1. The van der Waals surface area contributed by atoms with E-state index < -0.39 is 17.6 Å². The molecule has 5 nitrogen and oxygen atoms in total. The van der Waals surface area contributed by atoms with Gasteiger partial charge in [-0.2, -0.15) is 18.3 Å². The number of aromatic nitrogens is 3. The third-order valence-corrected chi connectivity index (χ3v) is 3.38. The van der Waals surface area contributed by atoms with Crippen molar-refractivity contribution in [3.05, 3.63) is 47.2 Å². The molecule has 3 rings (SSSR count). The van der Waals surface area contributed by atoms with Crippen molar-refractivity contribution in [2.75, 3.05) is 5.32 Å². The van der Waals surface area contributed by atoms with Gasteiger partial charge in [-0.05, 0) is 24.3 Å². The van der Waals surface area contributed by atoms with Gasteiger partial charge < -0.3 is 5.32 Å². The first-order chi connectivity index (χ1) is 9.93. The van der Waals surface area contributed by atoms with Crippen molar-refractivity contribution in [1.82, 2.24) is 14.6 Å². The lowest BCUT2D eigenvalue weighted by molar-refractivity contribution is -0.137. The Morgan fingerprint density at radius 2 is 1.95 bits per heavy atom. The number of carbonyl (C=O) groups excluding carboxylic acids is 1. The normalized spacial score (nSPS) is 11.8. The molecule has 3 aromatic rings. The van der Waals surface area contributed by atoms with E-state index in [0.717, 1.165) is 12.1 Å². The van der Waals surface area contributed by atoms with Crippen LogP contribution in [0.2, 0.25) is 0 Å². The summed E-state index contributed by atoms with van der Waals surface area (Å²) >= 11 is 1.27. The molecule has 108 valence electrons. The molecular weight excluding hydrogens is 305 g/mol. The lowest BCUT2D eigenvalue weighted by atomic mass is 10.2. The molecule has 0 aliphatic carbocycles. The Balaban J connectivity index is 1.76. The van der Waals surface area contributed by atoms with Crippen LogP contribution in [0, 0.1) is 0 Å². The van der Waals surface area contributed by atoms with Crippen LogP contribution in [0.3, 0.4) is 0 Å². The maximum Gasteiger partial charge on any atom is 0.416 e. The van der Waals surface area contributed by atoms with Crippen molar-refractivity contribution < 1.29 is 18.0 Å². The summed E-state index contributed by atoms with van der Waals surface area (Å²) < 4.78 is 38.7. The summed E-state index contributed by atoms with van der Waals surface area (Å²) in [5.74, 6) is -0.507. The Kier molecular flexibility index (Phi) is 3.13. The van der Waals surface area contributed by atoms with Gasteiger partial charge >= 0.3 is 6.18 Å². The molecule has 9 heteroatoms. The Morgan fingerprint density at radius 3 is 2.57 bits per heavy atom. The Bertz CT molecular complexity index is 762. The van der Waals surface area contributed by atoms with Gasteiger partial charge in [0.05, 0.1) is 11.8 Å². The summed E-state index contributed by atoms with van der Waals surface area (Å²) in [5.41, 5.74) is 1.22. The van der Waals surface area contributed by atoms with Crippen LogP contribution in [0.1, 0.15) is 16.1 Å². The van der Waals surface area contributed by atoms with Crippen LogP contribution in [-0.2, 0) is 6.18 Å². The first kappa shape index (κ1) is 13.6. The first-order valence-corrected chi connectivity index (χ1v) is 6.59. The highest BCUT2D eigenvalue weighted by Crippen LogP contribution is 2.29. The lowest BCUT2D eigenvalue weighted by Gasteiger charge is -2.08. The summed E-state index contributed by atoms with van der Waals surface area (Å²) in [6.45, 7) is 0. The van der Waals surface area contributed by atoms with Crippen LogP contribution in [0.4, 0.5) is 18.9 Å². The molecule has 0 aliphatic heterocycles. The molecule has 1 N–H and O–H groups in total. The maximum atomic E-state index is 12.4. The van der Waals surface area contributed by atoms with Gasteiger partial charge in [-0.1, -0.05) is 11.3 Å². The van der Waals surface area contributed by atoms with Crippen molar-refractivity contribution in [2.24, 2.45) is 0 Å². The van der Waals surface area contributed by atoms with E-state index in [2.05, 4.69) is 15.4 Å². The molecule has 2 heterocycles. The van der Waals surface area contributed by atoms with E-state index in [0.29, 0.717) is 4.96 Å². The van der Waals surface area contributed by atoms with E-state index in [9.17, 15) is 18.0 Å². The van der Waals surface area contributed by atoms with Gasteiger partial charge in [-0.15, -0.1) is 0 Å². The quantitative estimate of drug-likeness (QED) is 0.791. The van der Waals surface area contributed by atoms with Gasteiger partial charge in [0.2, 0.25) is 4.96 Å². The summed E-state index contributed by atoms with van der Waals surface area (Å²) in [6, 6.07) is 4.20. The maximum absolute atomic E-state index is 12.4. The predicted molar refractivity (Wildman–Crippen MR) is 70.3 cm³/mol. The number of imidazole rings is 1. The first-order valence-electron chi connectivity index (χ1n) is 5.71. The fourth-order valence-corrected chi connectivity index (χ4v) is 2.29. The second-order valence-electron chi connectivity index (χ2n) is 4.12. The monoisotopic (exact) mass is 312 g/mol. The zero-order valence-corrected chi connectivity index (χ0v) is 11.1. The molecule has 0 bridgehead atoms. The highest BCUT2D eigenvalue weighted by atomic mass is 32.1. The molecule has 0 atom stereocenters. The fourth-order valence-electron chi connectivity index (χ4n) is 1.69. The minimum Gasteiger partial charge on any atom is -0.321 e. The number of nitrogens with one attached hydrogen (secondary N) is 1. The van der Waals surface area contributed by atoms with Gasteiger partial charge in [-0.25, -0.2) is 9.50 Å². The smallest absolute Gasteiger partial charge is 0.321 e. The predicted octanol–water partition coefficient (Wildman–Crippen LogP) is 3.06. The molecule has 0 fully saturated rings. The van der Waals surface area contributed by atoms with Crippen molar-refractivity contribution in [2.45, 2.75) is 6.18 Å². The number of rotatable bonds is 2. The Hall–Kier alpha value is -2.42. The van der Waals surface area contributed by atoms with Gasteiger partial charge in [0, 0.05) is 5.69 Å². The summed E-state index contributed by atoms with van der Waals surface area (Å²) in [7, 11) is 0. The largest absolute Gasteiger partial charge is 0.416 e. The summed E-state index contributed by atoms with van der Waals surface area (Å²) in [6.07, 6.45) is -2.95. The fraction of sp³-hybridized carbons (Fsp3) is 0.0833. The van der Waals surface area contributed by atoms with Crippen molar-refractivity contribution >= 4 is 27.9 Å². The number of nitrogens with zero attached hydrogens (tertiary/aromatic N) is 3. The summed E-state index contributed by atoms with van der Waals surface area (Å²) in [4.78, 5) is 16.5. The minimum absolute atomic E-state index is 0.147. The summed E-state index contributed by atoms with van der Waals surface area (Å²) in [5, 5.41) is 6.42. The number of halogens is 3. The van der Waals surface area contributed by atoms with Gasteiger partial charge in [0.1, 0.15) is 11.2 Å². The highest BCUT2D eigenvalue weighted by Gasteiger charge is 2.30. The Morgan fingerprint density at radius 1 is 1.24 bits per heavy atom. The number of alkyl halides is 3. The number of amides is 1. The molecule has 1 amide bonds. The molecule has 0 aliphatic rings. The zero-order valence-electron chi connectivity index (χ0n) is 10.3. The number of benzene rings is 1. The molecule has 0 spiro atoms. The second-order valence-corrected chi connectivity index (χ2v) is 4.93. The van der Waals surface area contributed by atoms with Crippen LogP contribution in [-0.4, -0.2) is 20.5 Å². The van der Waals surface area contributed by atoms with E-state index in [4.69, 9.17) is 0 Å². The van der Waals surface area contributed by atoms with Gasteiger partial charge in [-0.3, -0.25) is 4.79 Å². The Labute approximate surface area is 120 Å². The highest BCUT2D eigenvalue weighted by molar-refractivity contribution is 7.14. The third kappa shape index (κ3) is 2.72. The second kappa shape index (κ2) is 4.85. The van der Waals surface area contributed by atoms with Crippen LogP contribution in [0.15, 0.2) is 36.0 Å².